The number of carbonyl (C=O) groups is 1. The van der Waals surface area contributed by atoms with Crippen LogP contribution in [0.15, 0.2) is 35.1 Å². The maximum atomic E-state index is 11.4. The summed E-state index contributed by atoms with van der Waals surface area (Å²) in [5.74, 6) is -0.0892. The van der Waals surface area contributed by atoms with Crippen LogP contribution in [0.5, 0.6) is 5.75 Å². The van der Waals surface area contributed by atoms with E-state index in [0.717, 1.165) is 0 Å². The number of carbonyl (C=O) groups excluding carboxylic acids is 1. The molecule has 0 N–H and O–H groups in total. The minimum atomic E-state index is -0.695. The first kappa shape index (κ1) is 13.6. The first-order chi connectivity index (χ1) is 8.72. The van der Waals surface area contributed by atoms with Gasteiger partial charge in [0.25, 0.3) is 0 Å². The number of benzene rings is 1. The number of methoxy groups -OCH3 is 1. The highest BCUT2D eigenvalue weighted by Gasteiger charge is 2.09. The number of esters is 1. The van der Waals surface area contributed by atoms with E-state index in [1.165, 1.54) is 13.2 Å². The van der Waals surface area contributed by atoms with Gasteiger partial charge in [0.2, 0.25) is 0 Å². The Kier molecular flexibility index (Phi) is 5.28. The Morgan fingerprint density at radius 3 is 2.83 bits per heavy atom. The van der Waals surface area contributed by atoms with Crippen LogP contribution in [0.2, 0.25) is 0 Å². The van der Waals surface area contributed by atoms with Crippen molar-refractivity contribution < 1.29 is 14.3 Å². The standard InChI is InChI=1S/C12H13N3O3/c1-3-18-11-7-5-4-6-9(11)8-10(14-15-13)12(16)17-2/h4-8H,3H2,1-2H3. The Morgan fingerprint density at radius 1 is 1.50 bits per heavy atom. The molecule has 1 aromatic carbocycles. The second-order valence-corrected chi connectivity index (χ2v) is 3.18. The number of hydrogen-bond donors (Lipinski definition) is 0. The lowest BCUT2D eigenvalue weighted by atomic mass is 10.1. The minimum Gasteiger partial charge on any atom is -0.493 e. The first-order valence-electron chi connectivity index (χ1n) is 5.29. The van der Waals surface area contributed by atoms with Crippen molar-refractivity contribution in [2.75, 3.05) is 13.7 Å². The molecule has 0 atom stereocenters. The zero-order valence-electron chi connectivity index (χ0n) is 10.2. The Labute approximate surface area is 104 Å². The molecule has 0 aromatic heterocycles. The van der Waals surface area contributed by atoms with Crippen LogP contribution in [0.3, 0.4) is 0 Å². The first-order valence-corrected chi connectivity index (χ1v) is 5.29. The van der Waals surface area contributed by atoms with Crippen molar-refractivity contribution in [3.8, 4) is 5.75 Å². The van der Waals surface area contributed by atoms with Crippen molar-refractivity contribution in [3.05, 3.63) is 46.0 Å². The summed E-state index contributed by atoms with van der Waals surface area (Å²) in [5.41, 5.74) is 8.94. The molecule has 0 unspecified atom stereocenters. The lowest BCUT2D eigenvalue weighted by molar-refractivity contribution is -0.136. The number of hydrogen-bond acceptors (Lipinski definition) is 4. The van der Waals surface area contributed by atoms with Gasteiger partial charge in [-0.1, -0.05) is 23.3 Å². The second-order valence-electron chi connectivity index (χ2n) is 3.18. The van der Waals surface area contributed by atoms with E-state index < -0.39 is 5.97 Å². The molecule has 0 aliphatic rings. The van der Waals surface area contributed by atoms with Crippen LogP contribution in [0, 0.1) is 0 Å². The predicted molar refractivity (Wildman–Crippen MR) is 66.8 cm³/mol. The molecular weight excluding hydrogens is 234 g/mol. The van der Waals surface area contributed by atoms with Crippen molar-refractivity contribution in [1.82, 2.24) is 0 Å². The third-order valence-electron chi connectivity index (χ3n) is 2.06. The number of para-hydroxylation sites is 1. The minimum absolute atomic E-state index is 0.118. The Bertz CT molecular complexity index is 505. The molecule has 0 aliphatic heterocycles. The van der Waals surface area contributed by atoms with Crippen LogP contribution in [-0.2, 0) is 9.53 Å². The van der Waals surface area contributed by atoms with Crippen LogP contribution in [0.25, 0.3) is 16.5 Å². The Balaban J connectivity index is 3.18. The number of rotatable bonds is 5. The van der Waals surface area contributed by atoms with Gasteiger partial charge in [-0.3, -0.25) is 0 Å². The van der Waals surface area contributed by atoms with Crippen molar-refractivity contribution in [1.29, 1.82) is 0 Å². The summed E-state index contributed by atoms with van der Waals surface area (Å²) in [4.78, 5) is 14.0. The van der Waals surface area contributed by atoms with E-state index in [9.17, 15) is 4.79 Å². The molecule has 6 heteroatoms. The highest BCUT2D eigenvalue weighted by Crippen LogP contribution is 2.21. The molecule has 0 radical (unpaired) electrons. The lowest BCUT2D eigenvalue weighted by Crippen LogP contribution is -2.02. The number of ether oxygens (including phenoxy) is 2. The molecule has 6 nitrogen and oxygen atoms in total. The van der Waals surface area contributed by atoms with E-state index in [0.29, 0.717) is 17.9 Å². The van der Waals surface area contributed by atoms with Crippen LogP contribution < -0.4 is 4.74 Å². The quantitative estimate of drug-likeness (QED) is 0.263. The zero-order valence-corrected chi connectivity index (χ0v) is 10.2. The maximum Gasteiger partial charge on any atom is 0.340 e. The van der Waals surface area contributed by atoms with Gasteiger partial charge >= 0.3 is 5.97 Å². The van der Waals surface area contributed by atoms with Crippen LogP contribution in [0.4, 0.5) is 0 Å². The topological polar surface area (TPSA) is 84.3 Å². The molecule has 94 valence electrons. The molecule has 0 aliphatic carbocycles. The van der Waals surface area contributed by atoms with E-state index in [1.54, 1.807) is 18.2 Å². The summed E-state index contributed by atoms with van der Waals surface area (Å²) in [6.45, 7) is 2.36. The van der Waals surface area contributed by atoms with Crippen LogP contribution in [-0.4, -0.2) is 19.7 Å². The van der Waals surface area contributed by atoms with Crippen LogP contribution in [0.1, 0.15) is 12.5 Å². The third-order valence-corrected chi connectivity index (χ3v) is 2.06. The zero-order chi connectivity index (χ0) is 13.4. The van der Waals surface area contributed by atoms with E-state index in [1.807, 2.05) is 13.0 Å². The van der Waals surface area contributed by atoms with Gasteiger partial charge in [-0.2, -0.15) is 0 Å². The fraction of sp³-hybridized carbons (Fsp3) is 0.250. The second kappa shape index (κ2) is 6.98. The highest BCUT2D eigenvalue weighted by atomic mass is 16.5. The smallest absolute Gasteiger partial charge is 0.340 e. The van der Waals surface area contributed by atoms with Gasteiger partial charge in [-0.15, -0.1) is 0 Å². The van der Waals surface area contributed by atoms with Crippen LogP contribution >= 0.6 is 0 Å². The molecule has 0 amide bonds. The molecule has 0 spiro atoms. The summed E-state index contributed by atoms with van der Waals surface area (Å²) in [6, 6.07) is 7.12. The van der Waals surface area contributed by atoms with E-state index in [4.69, 9.17) is 10.3 Å². The monoisotopic (exact) mass is 247 g/mol. The van der Waals surface area contributed by atoms with Crippen molar-refractivity contribution in [2.45, 2.75) is 6.92 Å². The molecule has 0 saturated carbocycles. The van der Waals surface area contributed by atoms with E-state index in [2.05, 4.69) is 14.8 Å². The molecule has 0 saturated heterocycles. The fourth-order valence-electron chi connectivity index (χ4n) is 1.32. The highest BCUT2D eigenvalue weighted by molar-refractivity contribution is 5.93. The lowest BCUT2D eigenvalue weighted by Gasteiger charge is -2.07. The summed E-state index contributed by atoms with van der Waals surface area (Å²) in [5, 5.41) is 3.30. The number of azide groups is 1. The van der Waals surface area contributed by atoms with Crippen molar-refractivity contribution in [2.24, 2.45) is 5.11 Å². The van der Waals surface area contributed by atoms with Gasteiger partial charge in [0.05, 0.1) is 13.7 Å². The van der Waals surface area contributed by atoms with Gasteiger partial charge in [0, 0.05) is 10.5 Å². The fourth-order valence-corrected chi connectivity index (χ4v) is 1.32. The molecule has 18 heavy (non-hydrogen) atoms. The molecule has 0 fully saturated rings. The molecule has 1 aromatic rings. The summed E-state index contributed by atoms with van der Waals surface area (Å²) in [6.07, 6.45) is 1.43. The summed E-state index contributed by atoms with van der Waals surface area (Å²) < 4.78 is 9.92. The molecule has 0 heterocycles. The van der Waals surface area contributed by atoms with E-state index in [-0.39, 0.29) is 5.70 Å². The molecule has 1 rings (SSSR count). The predicted octanol–water partition coefficient (Wildman–Crippen LogP) is 2.91. The van der Waals surface area contributed by atoms with Crippen molar-refractivity contribution >= 4 is 12.0 Å². The largest absolute Gasteiger partial charge is 0.493 e. The maximum absolute atomic E-state index is 11.4. The number of nitrogens with zero attached hydrogens (tertiary/aromatic N) is 3. The Hall–Kier alpha value is -2.46. The van der Waals surface area contributed by atoms with Gasteiger partial charge in [-0.25, -0.2) is 4.79 Å². The molecular formula is C12H13N3O3. The summed E-state index contributed by atoms with van der Waals surface area (Å²) >= 11 is 0. The Morgan fingerprint density at radius 2 is 2.22 bits per heavy atom. The van der Waals surface area contributed by atoms with E-state index >= 15 is 0 Å². The van der Waals surface area contributed by atoms with Crippen molar-refractivity contribution in [3.63, 3.8) is 0 Å². The normalized spacial score (nSPS) is 10.4. The summed E-state index contributed by atoms with van der Waals surface area (Å²) in [7, 11) is 1.22. The van der Waals surface area contributed by atoms with Gasteiger partial charge in [0.1, 0.15) is 11.4 Å². The SMILES string of the molecule is CCOc1ccccc1C=C(N=[N+]=[N-])C(=O)OC. The molecule has 0 bridgehead atoms. The average Bonchev–Trinajstić information content (AvgIpc) is 2.39. The van der Waals surface area contributed by atoms with Gasteiger partial charge < -0.3 is 9.47 Å². The third kappa shape index (κ3) is 3.54. The average molecular weight is 247 g/mol. The van der Waals surface area contributed by atoms with Gasteiger partial charge in [0.15, 0.2) is 0 Å². The van der Waals surface area contributed by atoms with Gasteiger partial charge in [-0.05, 0) is 24.6 Å².